The number of piperazine rings is 1. The number of ether oxygens (including phenoxy) is 1. The van der Waals surface area contributed by atoms with Gasteiger partial charge in [-0.05, 0) is 30.5 Å². The molecule has 0 amide bonds. The molecule has 2 rings (SSSR count). The maximum Gasteiger partial charge on any atom is 0.308 e. The highest BCUT2D eigenvalue weighted by Gasteiger charge is 2.14. The first-order valence-corrected chi connectivity index (χ1v) is 8.25. The molecule has 1 aromatic carbocycles. The fourth-order valence-electron chi connectivity index (χ4n) is 2.54. The molecule has 0 unspecified atom stereocenters. The van der Waals surface area contributed by atoms with Gasteiger partial charge in [-0.15, -0.1) is 0 Å². The fourth-order valence-corrected chi connectivity index (χ4v) is 2.54. The summed E-state index contributed by atoms with van der Waals surface area (Å²) in [5.74, 6) is -0.345. The van der Waals surface area contributed by atoms with Gasteiger partial charge in [0.2, 0.25) is 0 Å². The lowest BCUT2D eigenvalue weighted by atomic mass is 10.2. The Morgan fingerprint density at radius 2 is 1.77 bits per heavy atom. The molecule has 1 heterocycles. The molecule has 6 heteroatoms. The Kier molecular flexibility index (Phi) is 7.03. The van der Waals surface area contributed by atoms with Gasteiger partial charge in [0.25, 0.3) is 0 Å². The Bertz CT molecular complexity index is 773. The molecule has 0 bridgehead atoms. The van der Waals surface area contributed by atoms with Crippen LogP contribution in [0.5, 0.6) is 0 Å². The highest BCUT2D eigenvalue weighted by atomic mass is 16.5. The van der Waals surface area contributed by atoms with E-state index in [1.165, 1.54) is 18.7 Å². The quantitative estimate of drug-likeness (QED) is 0.352. The van der Waals surface area contributed by atoms with Crippen LogP contribution < -0.4 is 4.90 Å². The first-order chi connectivity index (χ1) is 12.6. The zero-order valence-corrected chi connectivity index (χ0v) is 14.6. The lowest BCUT2D eigenvalue weighted by Gasteiger charge is -2.35. The second-order valence-electron chi connectivity index (χ2n) is 5.64. The summed E-state index contributed by atoms with van der Waals surface area (Å²) in [6, 6.07) is 13.8. The van der Waals surface area contributed by atoms with E-state index in [2.05, 4.69) is 21.9 Å². The van der Waals surface area contributed by atoms with Crippen LogP contribution in [0.1, 0.15) is 6.92 Å². The minimum atomic E-state index is -0.507. The van der Waals surface area contributed by atoms with Gasteiger partial charge < -0.3 is 14.5 Å². The van der Waals surface area contributed by atoms with Crippen LogP contribution in [0, 0.1) is 22.7 Å². The van der Waals surface area contributed by atoms with Crippen LogP contribution in [0.2, 0.25) is 0 Å². The highest BCUT2D eigenvalue weighted by Crippen LogP contribution is 2.15. The largest absolute Gasteiger partial charge is 0.427 e. The molecular formula is C20H20N4O2. The van der Waals surface area contributed by atoms with Crippen molar-refractivity contribution in [3.8, 4) is 12.1 Å². The third kappa shape index (κ3) is 5.85. The molecule has 0 saturated carbocycles. The number of hydrogen-bond acceptors (Lipinski definition) is 6. The summed E-state index contributed by atoms with van der Waals surface area (Å²) in [4.78, 5) is 15.6. The van der Waals surface area contributed by atoms with Crippen LogP contribution in [0.25, 0.3) is 0 Å². The number of nitriles is 2. The number of anilines is 1. The Hall–Kier alpha value is -3.51. The van der Waals surface area contributed by atoms with E-state index < -0.39 is 5.97 Å². The zero-order chi connectivity index (χ0) is 18.8. The predicted molar refractivity (Wildman–Crippen MR) is 98.5 cm³/mol. The van der Waals surface area contributed by atoms with E-state index in [0.29, 0.717) is 0 Å². The number of carbonyl (C=O) groups is 1. The molecule has 132 valence electrons. The summed E-state index contributed by atoms with van der Waals surface area (Å²) in [6.45, 7) is 4.86. The lowest BCUT2D eigenvalue weighted by Crippen LogP contribution is -2.44. The molecular weight excluding hydrogens is 328 g/mol. The first kappa shape index (κ1) is 18.8. The van der Waals surface area contributed by atoms with Gasteiger partial charge in [-0.2, -0.15) is 10.5 Å². The number of benzene rings is 1. The highest BCUT2D eigenvalue weighted by molar-refractivity contribution is 5.68. The SMILES string of the molecule is CC(=O)OC(C=C(C#N)C#N)=CC=CN1CCN(c2ccccc2)CC1. The van der Waals surface area contributed by atoms with Gasteiger partial charge in [0.05, 0.1) is 0 Å². The number of hydrogen-bond donors (Lipinski definition) is 0. The normalized spacial score (nSPS) is 14.5. The minimum Gasteiger partial charge on any atom is -0.427 e. The van der Waals surface area contributed by atoms with Crippen LogP contribution in [-0.2, 0) is 9.53 Å². The summed E-state index contributed by atoms with van der Waals surface area (Å²) in [6.07, 6.45) is 6.48. The molecule has 1 aliphatic rings. The molecule has 0 aromatic heterocycles. The number of carbonyl (C=O) groups excluding carboxylic acids is 1. The fraction of sp³-hybridized carbons (Fsp3) is 0.250. The van der Waals surface area contributed by atoms with Gasteiger partial charge >= 0.3 is 5.97 Å². The molecule has 1 aliphatic heterocycles. The van der Waals surface area contributed by atoms with Gasteiger partial charge in [-0.3, -0.25) is 4.79 Å². The van der Waals surface area contributed by atoms with Gasteiger partial charge in [0, 0.05) is 44.9 Å². The van der Waals surface area contributed by atoms with E-state index in [1.807, 2.05) is 24.4 Å². The van der Waals surface area contributed by atoms with Crippen LogP contribution in [0.15, 0.2) is 66.1 Å². The smallest absolute Gasteiger partial charge is 0.308 e. The predicted octanol–water partition coefficient (Wildman–Crippen LogP) is 2.74. The van der Waals surface area contributed by atoms with Crippen molar-refractivity contribution in [2.45, 2.75) is 6.92 Å². The zero-order valence-electron chi connectivity index (χ0n) is 14.6. The van der Waals surface area contributed by atoms with Crippen molar-refractivity contribution < 1.29 is 9.53 Å². The van der Waals surface area contributed by atoms with Crippen LogP contribution in [0.4, 0.5) is 5.69 Å². The van der Waals surface area contributed by atoms with Crippen LogP contribution in [-0.4, -0.2) is 37.0 Å². The minimum absolute atomic E-state index is 0.123. The molecule has 0 radical (unpaired) electrons. The Balaban J connectivity index is 1.96. The molecule has 0 atom stereocenters. The number of nitrogens with zero attached hydrogens (tertiary/aromatic N) is 4. The van der Waals surface area contributed by atoms with Crippen molar-refractivity contribution in [2.24, 2.45) is 0 Å². The molecule has 0 spiro atoms. The maximum absolute atomic E-state index is 11.1. The summed E-state index contributed by atoms with van der Waals surface area (Å²) in [7, 11) is 0. The van der Waals surface area contributed by atoms with Gasteiger partial charge in [0.15, 0.2) is 0 Å². The van der Waals surface area contributed by atoms with Gasteiger partial charge in [0.1, 0.15) is 23.5 Å². The molecule has 26 heavy (non-hydrogen) atoms. The van der Waals surface area contributed by atoms with E-state index in [4.69, 9.17) is 15.3 Å². The molecule has 1 saturated heterocycles. The average molecular weight is 348 g/mol. The van der Waals surface area contributed by atoms with E-state index >= 15 is 0 Å². The summed E-state index contributed by atoms with van der Waals surface area (Å²) >= 11 is 0. The van der Waals surface area contributed by atoms with Crippen LogP contribution >= 0.6 is 0 Å². The molecule has 1 aromatic rings. The van der Waals surface area contributed by atoms with E-state index in [-0.39, 0.29) is 11.3 Å². The Morgan fingerprint density at radius 3 is 2.35 bits per heavy atom. The Morgan fingerprint density at radius 1 is 1.12 bits per heavy atom. The van der Waals surface area contributed by atoms with Crippen molar-refractivity contribution in [3.05, 3.63) is 66.1 Å². The summed E-state index contributed by atoms with van der Waals surface area (Å²) < 4.78 is 5.01. The van der Waals surface area contributed by atoms with E-state index in [9.17, 15) is 4.79 Å². The number of rotatable bonds is 5. The molecule has 0 N–H and O–H groups in total. The van der Waals surface area contributed by atoms with Crippen molar-refractivity contribution in [3.63, 3.8) is 0 Å². The van der Waals surface area contributed by atoms with Gasteiger partial charge in [-0.25, -0.2) is 0 Å². The third-order valence-electron chi connectivity index (χ3n) is 3.78. The van der Waals surface area contributed by atoms with Crippen molar-refractivity contribution in [1.82, 2.24) is 4.90 Å². The first-order valence-electron chi connectivity index (χ1n) is 8.25. The second kappa shape index (κ2) is 9.71. The van der Waals surface area contributed by atoms with Crippen molar-refractivity contribution >= 4 is 11.7 Å². The molecule has 0 aliphatic carbocycles. The summed E-state index contributed by atoms with van der Waals surface area (Å²) in [5, 5.41) is 17.6. The molecule has 1 fully saturated rings. The van der Waals surface area contributed by atoms with Crippen molar-refractivity contribution in [1.29, 1.82) is 10.5 Å². The number of para-hydroxylation sites is 1. The monoisotopic (exact) mass is 348 g/mol. The van der Waals surface area contributed by atoms with Crippen molar-refractivity contribution in [2.75, 3.05) is 31.1 Å². The average Bonchev–Trinajstić information content (AvgIpc) is 2.66. The standard InChI is InChI=1S/C20H20N4O2/c1-17(25)26-20(14-18(15-21)16-22)8-5-9-23-10-12-24(13-11-23)19-6-3-2-4-7-19/h2-9,14H,10-13H2,1H3. The van der Waals surface area contributed by atoms with E-state index in [1.54, 1.807) is 24.3 Å². The maximum atomic E-state index is 11.1. The Labute approximate surface area is 153 Å². The lowest BCUT2D eigenvalue weighted by molar-refractivity contribution is -0.136. The van der Waals surface area contributed by atoms with Gasteiger partial charge in [-0.1, -0.05) is 18.2 Å². The third-order valence-corrected chi connectivity index (χ3v) is 3.78. The topological polar surface area (TPSA) is 80.4 Å². The number of esters is 1. The van der Waals surface area contributed by atoms with E-state index in [0.717, 1.165) is 26.2 Å². The van der Waals surface area contributed by atoms with Crippen LogP contribution in [0.3, 0.4) is 0 Å². The second-order valence-corrected chi connectivity index (χ2v) is 5.64. The number of allylic oxidation sites excluding steroid dienone is 4. The molecule has 6 nitrogen and oxygen atoms in total. The summed E-state index contributed by atoms with van der Waals surface area (Å²) in [5.41, 5.74) is 1.10.